The van der Waals surface area contributed by atoms with Gasteiger partial charge in [0.05, 0.1) is 0 Å². The fourth-order valence-electron chi connectivity index (χ4n) is 1.86. The molecule has 1 unspecified atom stereocenters. The second-order valence-corrected chi connectivity index (χ2v) is 4.31. The van der Waals surface area contributed by atoms with Crippen molar-refractivity contribution in [3.8, 4) is 0 Å². The first-order valence-corrected chi connectivity index (χ1v) is 4.24. The molecule has 0 radical (unpaired) electrons. The van der Waals surface area contributed by atoms with E-state index >= 15 is 0 Å². The van der Waals surface area contributed by atoms with E-state index in [0.29, 0.717) is 12.8 Å². The number of ketones is 1. The summed E-state index contributed by atoms with van der Waals surface area (Å²) in [6, 6.07) is 0. The van der Waals surface area contributed by atoms with E-state index in [4.69, 9.17) is 0 Å². The molecule has 1 aliphatic carbocycles. The van der Waals surface area contributed by atoms with E-state index in [1.54, 1.807) is 0 Å². The van der Waals surface area contributed by atoms with Crippen molar-refractivity contribution in [2.45, 2.75) is 39.5 Å². The Morgan fingerprint density at radius 3 is 2.42 bits per heavy atom. The molecular weight excluding hydrogens is 162 g/mol. The molecule has 0 saturated heterocycles. The lowest BCUT2D eigenvalue weighted by molar-refractivity contribution is -0.133. The SMILES string of the molecule is CC1(C)CCC(C(=O)C(F)F)C1. The van der Waals surface area contributed by atoms with Crippen LogP contribution in [0.5, 0.6) is 0 Å². The van der Waals surface area contributed by atoms with Gasteiger partial charge in [0.25, 0.3) is 6.43 Å². The standard InChI is InChI=1S/C9H14F2O/c1-9(2)4-3-6(5-9)7(12)8(10)11/h6,8H,3-5H2,1-2H3. The molecular formula is C9H14F2O. The smallest absolute Gasteiger partial charge is 0.293 e. The lowest BCUT2D eigenvalue weighted by atomic mass is 9.90. The van der Waals surface area contributed by atoms with E-state index < -0.39 is 12.2 Å². The third-order valence-electron chi connectivity index (χ3n) is 2.59. The molecule has 3 heteroatoms. The molecule has 0 aromatic carbocycles. The predicted molar refractivity (Wildman–Crippen MR) is 42.1 cm³/mol. The van der Waals surface area contributed by atoms with Crippen molar-refractivity contribution in [3.05, 3.63) is 0 Å². The fourth-order valence-corrected chi connectivity index (χ4v) is 1.86. The normalized spacial score (nSPS) is 27.9. The van der Waals surface area contributed by atoms with Gasteiger partial charge in [0.2, 0.25) is 5.78 Å². The molecule has 0 amide bonds. The van der Waals surface area contributed by atoms with Crippen LogP contribution in [-0.2, 0) is 4.79 Å². The number of carbonyl (C=O) groups excluding carboxylic acids is 1. The van der Waals surface area contributed by atoms with Gasteiger partial charge in [0.15, 0.2) is 0 Å². The molecule has 0 aliphatic heterocycles. The van der Waals surface area contributed by atoms with Gasteiger partial charge in [-0.05, 0) is 24.7 Å². The summed E-state index contributed by atoms with van der Waals surface area (Å²) >= 11 is 0. The quantitative estimate of drug-likeness (QED) is 0.632. The van der Waals surface area contributed by atoms with Gasteiger partial charge in [-0.2, -0.15) is 0 Å². The predicted octanol–water partition coefficient (Wildman–Crippen LogP) is 2.65. The van der Waals surface area contributed by atoms with Crippen LogP contribution in [0.1, 0.15) is 33.1 Å². The zero-order chi connectivity index (χ0) is 9.35. The number of hydrogen-bond donors (Lipinski definition) is 0. The minimum atomic E-state index is -2.77. The van der Waals surface area contributed by atoms with Crippen molar-refractivity contribution in [1.82, 2.24) is 0 Å². The Labute approximate surface area is 71.1 Å². The maximum absolute atomic E-state index is 12.0. The molecule has 70 valence electrons. The van der Waals surface area contributed by atoms with Crippen LogP contribution in [-0.4, -0.2) is 12.2 Å². The van der Waals surface area contributed by atoms with Crippen molar-refractivity contribution in [1.29, 1.82) is 0 Å². The Kier molecular flexibility index (Phi) is 2.49. The van der Waals surface area contributed by atoms with Crippen LogP contribution in [0.3, 0.4) is 0 Å². The molecule has 1 fully saturated rings. The van der Waals surface area contributed by atoms with Crippen LogP contribution in [0.15, 0.2) is 0 Å². The van der Waals surface area contributed by atoms with Gasteiger partial charge in [0.1, 0.15) is 0 Å². The van der Waals surface area contributed by atoms with Crippen LogP contribution in [0, 0.1) is 11.3 Å². The Bertz CT molecular complexity index is 187. The van der Waals surface area contributed by atoms with Crippen molar-refractivity contribution in [2.75, 3.05) is 0 Å². The largest absolute Gasteiger partial charge is 0.296 e. The Hall–Kier alpha value is -0.470. The lowest BCUT2D eigenvalue weighted by Crippen LogP contribution is -2.20. The summed E-state index contributed by atoms with van der Waals surface area (Å²) in [5, 5.41) is 0. The average Bonchev–Trinajstić information content (AvgIpc) is 2.28. The van der Waals surface area contributed by atoms with Crippen LogP contribution in [0.4, 0.5) is 8.78 Å². The van der Waals surface area contributed by atoms with Crippen LogP contribution >= 0.6 is 0 Å². The molecule has 1 saturated carbocycles. The summed E-state index contributed by atoms with van der Waals surface area (Å²) < 4.78 is 24.0. The zero-order valence-corrected chi connectivity index (χ0v) is 7.44. The number of hydrogen-bond acceptors (Lipinski definition) is 1. The second kappa shape index (κ2) is 3.11. The number of rotatable bonds is 2. The summed E-state index contributed by atoms with van der Waals surface area (Å²) in [6.45, 7) is 4.04. The van der Waals surface area contributed by atoms with Crippen molar-refractivity contribution < 1.29 is 13.6 Å². The highest BCUT2D eigenvalue weighted by Gasteiger charge is 2.37. The monoisotopic (exact) mass is 176 g/mol. The molecule has 1 rings (SSSR count). The average molecular weight is 176 g/mol. The van der Waals surface area contributed by atoms with Gasteiger partial charge in [-0.3, -0.25) is 4.79 Å². The number of halogens is 2. The number of Topliss-reactive ketones (excluding diaryl/α,β-unsaturated/α-hetero) is 1. The van der Waals surface area contributed by atoms with E-state index in [2.05, 4.69) is 0 Å². The van der Waals surface area contributed by atoms with Gasteiger partial charge in [-0.25, -0.2) is 8.78 Å². The molecule has 1 atom stereocenters. The fraction of sp³-hybridized carbons (Fsp3) is 0.889. The Balaban J connectivity index is 2.53. The van der Waals surface area contributed by atoms with Gasteiger partial charge >= 0.3 is 0 Å². The first-order chi connectivity index (χ1) is 5.42. The van der Waals surface area contributed by atoms with E-state index in [1.165, 1.54) is 0 Å². The van der Waals surface area contributed by atoms with E-state index in [1.807, 2.05) is 13.8 Å². The highest BCUT2D eigenvalue weighted by Crippen LogP contribution is 2.41. The summed E-state index contributed by atoms with van der Waals surface area (Å²) in [6.07, 6.45) is -0.633. The second-order valence-electron chi connectivity index (χ2n) is 4.31. The summed E-state index contributed by atoms with van der Waals surface area (Å²) in [5.41, 5.74) is 0.0786. The van der Waals surface area contributed by atoms with Crippen LogP contribution < -0.4 is 0 Å². The molecule has 0 bridgehead atoms. The molecule has 12 heavy (non-hydrogen) atoms. The van der Waals surface area contributed by atoms with Gasteiger partial charge in [-0.1, -0.05) is 13.8 Å². The first-order valence-electron chi connectivity index (χ1n) is 4.24. The van der Waals surface area contributed by atoms with E-state index in [0.717, 1.165) is 6.42 Å². The Morgan fingerprint density at radius 2 is 2.08 bits per heavy atom. The highest BCUT2D eigenvalue weighted by atomic mass is 19.3. The molecule has 1 nitrogen and oxygen atoms in total. The molecule has 0 aromatic heterocycles. The van der Waals surface area contributed by atoms with Gasteiger partial charge in [-0.15, -0.1) is 0 Å². The molecule has 0 N–H and O–H groups in total. The van der Waals surface area contributed by atoms with Crippen molar-refractivity contribution in [2.24, 2.45) is 11.3 Å². The van der Waals surface area contributed by atoms with Crippen molar-refractivity contribution in [3.63, 3.8) is 0 Å². The summed E-state index contributed by atoms with van der Waals surface area (Å²) in [5.74, 6) is -1.25. The molecule has 0 heterocycles. The summed E-state index contributed by atoms with van der Waals surface area (Å²) in [4.78, 5) is 10.9. The van der Waals surface area contributed by atoms with E-state index in [-0.39, 0.29) is 11.3 Å². The minimum absolute atomic E-state index is 0.0786. The van der Waals surface area contributed by atoms with E-state index in [9.17, 15) is 13.6 Å². The van der Waals surface area contributed by atoms with Crippen molar-refractivity contribution >= 4 is 5.78 Å². The topological polar surface area (TPSA) is 17.1 Å². The zero-order valence-electron chi connectivity index (χ0n) is 7.44. The highest BCUT2D eigenvalue weighted by molar-refractivity contribution is 5.84. The third-order valence-corrected chi connectivity index (χ3v) is 2.59. The Morgan fingerprint density at radius 1 is 1.50 bits per heavy atom. The molecule has 0 aromatic rings. The maximum Gasteiger partial charge on any atom is 0.296 e. The van der Waals surface area contributed by atoms with Gasteiger partial charge < -0.3 is 0 Å². The van der Waals surface area contributed by atoms with Crippen LogP contribution in [0.2, 0.25) is 0 Å². The van der Waals surface area contributed by atoms with Crippen LogP contribution in [0.25, 0.3) is 0 Å². The lowest BCUT2D eigenvalue weighted by Gasteiger charge is -2.16. The summed E-state index contributed by atoms with van der Waals surface area (Å²) in [7, 11) is 0. The number of alkyl halides is 2. The number of carbonyl (C=O) groups is 1. The minimum Gasteiger partial charge on any atom is -0.293 e. The molecule has 1 aliphatic rings. The van der Waals surface area contributed by atoms with Gasteiger partial charge in [0, 0.05) is 5.92 Å². The first kappa shape index (κ1) is 9.62. The third kappa shape index (κ3) is 2.02. The molecule has 0 spiro atoms. The maximum atomic E-state index is 12.0.